The van der Waals surface area contributed by atoms with Crippen molar-refractivity contribution in [2.45, 2.75) is 25.4 Å². The van der Waals surface area contributed by atoms with Crippen LogP contribution < -0.4 is 4.90 Å². The van der Waals surface area contributed by atoms with Crippen molar-refractivity contribution in [3.63, 3.8) is 0 Å². The molecule has 1 saturated heterocycles. The Bertz CT molecular complexity index is 957. The number of fused-ring (bicyclic) bond motifs is 1. The van der Waals surface area contributed by atoms with Gasteiger partial charge in [0.15, 0.2) is 9.84 Å². The minimum Gasteiger partial charge on any atom is -0.352 e. The van der Waals surface area contributed by atoms with Gasteiger partial charge in [-0.3, -0.25) is 4.79 Å². The predicted molar refractivity (Wildman–Crippen MR) is 105 cm³/mol. The molecule has 2 aliphatic rings. The molecule has 0 spiro atoms. The Hall–Kier alpha value is -2.41. The number of nitrogens with zero attached hydrogens (tertiary/aromatic N) is 3. The summed E-state index contributed by atoms with van der Waals surface area (Å²) in [6.45, 7) is 1.72. The van der Waals surface area contributed by atoms with Gasteiger partial charge in [0.25, 0.3) is 5.91 Å². The van der Waals surface area contributed by atoms with Crippen LogP contribution >= 0.6 is 0 Å². The van der Waals surface area contributed by atoms with Crippen LogP contribution in [0.1, 0.15) is 27.9 Å². The van der Waals surface area contributed by atoms with E-state index >= 15 is 0 Å². The van der Waals surface area contributed by atoms with E-state index in [2.05, 4.69) is 34.1 Å². The number of pyridine rings is 1. The summed E-state index contributed by atoms with van der Waals surface area (Å²) < 4.78 is 23.3. The molecule has 0 radical (unpaired) electrons. The van der Waals surface area contributed by atoms with Crippen molar-refractivity contribution >= 4 is 21.6 Å². The molecule has 7 heteroatoms. The highest BCUT2D eigenvalue weighted by molar-refractivity contribution is 7.91. The highest BCUT2D eigenvalue weighted by Gasteiger charge is 2.33. The second-order valence-electron chi connectivity index (χ2n) is 7.32. The van der Waals surface area contributed by atoms with Crippen molar-refractivity contribution in [1.82, 2.24) is 9.88 Å². The predicted octanol–water partition coefficient (Wildman–Crippen LogP) is 1.90. The van der Waals surface area contributed by atoms with E-state index in [1.807, 2.05) is 6.07 Å². The molecule has 2 aromatic rings. The molecule has 6 nitrogen and oxygen atoms in total. The Kier molecular flexibility index (Phi) is 4.63. The number of benzene rings is 1. The lowest BCUT2D eigenvalue weighted by Crippen LogP contribution is -2.38. The summed E-state index contributed by atoms with van der Waals surface area (Å²) in [6.07, 6.45) is 3.08. The summed E-state index contributed by atoms with van der Waals surface area (Å²) in [4.78, 5) is 20.9. The Balaban J connectivity index is 1.45. The summed E-state index contributed by atoms with van der Waals surface area (Å²) >= 11 is 0. The summed E-state index contributed by atoms with van der Waals surface area (Å²) in [5.74, 6) is 0.879. The van der Waals surface area contributed by atoms with Gasteiger partial charge < -0.3 is 9.80 Å². The molecule has 1 atom stereocenters. The highest BCUT2D eigenvalue weighted by Crippen LogP contribution is 2.24. The maximum Gasteiger partial charge on any atom is 0.255 e. The fourth-order valence-corrected chi connectivity index (χ4v) is 5.62. The number of carbonyl (C=O) groups is 1. The molecule has 1 unspecified atom stereocenters. The first-order chi connectivity index (χ1) is 12.9. The summed E-state index contributed by atoms with van der Waals surface area (Å²) in [6, 6.07) is 11.8. The Morgan fingerprint density at radius 1 is 1.19 bits per heavy atom. The van der Waals surface area contributed by atoms with Crippen LogP contribution in [0.2, 0.25) is 0 Å². The zero-order valence-electron chi connectivity index (χ0n) is 15.3. The van der Waals surface area contributed by atoms with Crippen molar-refractivity contribution in [2.75, 3.05) is 30.0 Å². The van der Waals surface area contributed by atoms with Gasteiger partial charge in [0, 0.05) is 32.4 Å². The van der Waals surface area contributed by atoms with E-state index in [1.165, 1.54) is 11.1 Å². The van der Waals surface area contributed by atoms with E-state index in [0.717, 1.165) is 25.3 Å². The molecule has 1 amide bonds. The number of amides is 1. The van der Waals surface area contributed by atoms with E-state index in [-0.39, 0.29) is 23.5 Å². The third-order valence-electron chi connectivity index (χ3n) is 5.53. The molecular formula is C20H23N3O3S. The summed E-state index contributed by atoms with van der Waals surface area (Å²) in [7, 11) is -1.35. The van der Waals surface area contributed by atoms with E-state index < -0.39 is 9.84 Å². The van der Waals surface area contributed by atoms with Gasteiger partial charge in [0.2, 0.25) is 0 Å². The monoisotopic (exact) mass is 385 g/mol. The average Bonchev–Trinajstić information content (AvgIpc) is 3.06. The number of aromatic nitrogens is 1. The summed E-state index contributed by atoms with van der Waals surface area (Å²) in [5, 5.41) is 0. The maximum absolute atomic E-state index is 12.7. The lowest BCUT2D eigenvalue weighted by molar-refractivity contribution is 0.0747. The van der Waals surface area contributed by atoms with Gasteiger partial charge in [-0.1, -0.05) is 24.3 Å². The zero-order chi connectivity index (χ0) is 19.0. The Labute approximate surface area is 159 Å². The molecule has 1 fully saturated rings. The second-order valence-corrected chi connectivity index (χ2v) is 9.55. The largest absolute Gasteiger partial charge is 0.352 e. The first kappa shape index (κ1) is 18.0. The number of carbonyl (C=O) groups excluding carboxylic acids is 1. The number of sulfone groups is 1. The first-order valence-corrected chi connectivity index (χ1v) is 11.0. The SMILES string of the molecule is CN(C(=O)c1ccc(N2CCc3ccccc3C2)nc1)C1CCS(=O)(=O)C1. The molecule has 0 aliphatic carbocycles. The second kappa shape index (κ2) is 6.96. The van der Waals surface area contributed by atoms with Gasteiger partial charge in [-0.25, -0.2) is 13.4 Å². The molecule has 3 heterocycles. The zero-order valence-corrected chi connectivity index (χ0v) is 16.2. The van der Waals surface area contributed by atoms with Gasteiger partial charge >= 0.3 is 0 Å². The van der Waals surface area contributed by atoms with Crippen LogP contribution in [0.3, 0.4) is 0 Å². The molecule has 27 heavy (non-hydrogen) atoms. The average molecular weight is 385 g/mol. The van der Waals surface area contributed by atoms with Crippen molar-refractivity contribution in [1.29, 1.82) is 0 Å². The smallest absolute Gasteiger partial charge is 0.255 e. The lowest BCUT2D eigenvalue weighted by Gasteiger charge is -2.30. The Morgan fingerprint density at radius 3 is 2.63 bits per heavy atom. The highest BCUT2D eigenvalue weighted by atomic mass is 32.2. The molecule has 1 aromatic heterocycles. The quantitative estimate of drug-likeness (QED) is 0.807. The van der Waals surface area contributed by atoms with Gasteiger partial charge in [-0.15, -0.1) is 0 Å². The van der Waals surface area contributed by atoms with Crippen molar-refractivity contribution in [3.05, 3.63) is 59.3 Å². The lowest BCUT2D eigenvalue weighted by atomic mass is 10.00. The van der Waals surface area contributed by atoms with Crippen LogP contribution in [0.15, 0.2) is 42.6 Å². The molecule has 4 rings (SSSR count). The normalized spacial score (nSPS) is 20.9. The summed E-state index contributed by atoms with van der Waals surface area (Å²) in [5.41, 5.74) is 3.18. The topological polar surface area (TPSA) is 70.6 Å². The van der Waals surface area contributed by atoms with Crippen LogP contribution in [0.5, 0.6) is 0 Å². The molecule has 0 N–H and O–H groups in total. The third-order valence-corrected chi connectivity index (χ3v) is 7.28. The number of anilines is 1. The van der Waals surface area contributed by atoms with E-state index in [1.54, 1.807) is 24.2 Å². The standard InChI is InChI=1S/C20H23N3O3S/c1-22(18-9-11-27(25,26)14-18)20(24)16-6-7-19(21-12-16)23-10-8-15-4-2-3-5-17(15)13-23/h2-7,12,18H,8-11,13-14H2,1H3. The fraction of sp³-hybridized carbons (Fsp3) is 0.400. The van der Waals surface area contributed by atoms with E-state index in [0.29, 0.717) is 12.0 Å². The van der Waals surface area contributed by atoms with Crippen LogP contribution in [-0.4, -0.2) is 55.3 Å². The number of rotatable bonds is 3. The van der Waals surface area contributed by atoms with Crippen molar-refractivity contribution in [2.24, 2.45) is 0 Å². The minimum atomic E-state index is -3.02. The van der Waals surface area contributed by atoms with Crippen LogP contribution in [0.4, 0.5) is 5.82 Å². The Morgan fingerprint density at radius 2 is 1.96 bits per heavy atom. The maximum atomic E-state index is 12.7. The van der Waals surface area contributed by atoms with E-state index in [4.69, 9.17) is 0 Å². The fourth-order valence-electron chi connectivity index (χ4n) is 3.84. The minimum absolute atomic E-state index is 0.0495. The first-order valence-electron chi connectivity index (χ1n) is 9.18. The molecular weight excluding hydrogens is 362 g/mol. The molecule has 1 aromatic carbocycles. The number of hydrogen-bond acceptors (Lipinski definition) is 5. The van der Waals surface area contributed by atoms with Crippen LogP contribution in [0.25, 0.3) is 0 Å². The molecule has 142 valence electrons. The molecule has 0 saturated carbocycles. The molecule has 2 aliphatic heterocycles. The van der Waals surface area contributed by atoms with Gasteiger partial charge in [-0.2, -0.15) is 0 Å². The molecule has 0 bridgehead atoms. The number of hydrogen-bond donors (Lipinski definition) is 0. The van der Waals surface area contributed by atoms with Crippen molar-refractivity contribution in [3.8, 4) is 0 Å². The van der Waals surface area contributed by atoms with Crippen molar-refractivity contribution < 1.29 is 13.2 Å². The van der Waals surface area contributed by atoms with Crippen LogP contribution in [-0.2, 0) is 22.8 Å². The van der Waals surface area contributed by atoms with Crippen LogP contribution in [0, 0.1) is 0 Å². The van der Waals surface area contributed by atoms with Gasteiger partial charge in [0.05, 0.1) is 17.1 Å². The van der Waals surface area contributed by atoms with E-state index in [9.17, 15) is 13.2 Å². The van der Waals surface area contributed by atoms with Gasteiger partial charge in [0.1, 0.15) is 5.82 Å². The van der Waals surface area contributed by atoms with Gasteiger partial charge in [-0.05, 0) is 36.1 Å². The third kappa shape index (κ3) is 3.69.